The lowest BCUT2D eigenvalue weighted by Crippen LogP contribution is -1.92. The normalized spacial score (nSPS) is 10.0. The summed E-state index contributed by atoms with van der Waals surface area (Å²) in [7, 11) is 1.44. The highest BCUT2D eigenvalue weighted by Crippen LogP contribution is 2.28. The zero-order chi connectivity index (χ0) is 13.8. The number of ether oxygens (including phenoxy) is 1. The van der Waals surface area contributed by atoms with Gasteiger partial charge in [-0.1, -0.05) is 12.1 Å². The minimum Gasteiger partial charge on any atom is -0.497 e. The topological polar surface area (TPSA) is 33.0 Å². The summed E-state index contributed by atoms with van der Waals surface area (Å²) in [5.41, 5.74) is 0.904. The summed E-state index contributed by atoms with van der Waals surface area (Å²) in [6.45, 7) is 0. The molecule has 0 aliphatic carbocycles. The second kappa shape index (κ2) is 5.49. The molecule has 0 aromatic heterocycles. The van der Waals surface area contributed by atoms with Crippen LogP contribution >= 0.6 is 0 Å². The molecule has 0 aliphatic heterocycles. The highest BCUT2D eigenvalue weighted by molar-refractivity contribution is 5.66. The lowest BCUT2D eigenvalue weighted by molar-refractivity contribution is 0.411. The summed E-state index contributed by atoms with van der Waals surface area (Å²) in [5, 5.41) is 8.55. The SMILES string of the molecule is COc1ccc(-c2ccc(CC#N)cc2F)c(F)c1. The Morgan fingerprint density at radius 2 is 1.68 bits per heavy atom. The summed E-state index contributed by atoms with van der Waals surface area (Å²) in [5.74, 6) is -0.717. The van der Waals surface area contributed by atoms with Crippen LogP contribution in [0.2, 0.25) is 0 Å². The van der Waals surface area contributed by atoms with Gasteiger partial charge < -0.3 is 4.74 Å². The van der Waals surface area contributed by atoms with Crippen LogP contribution in [0.25, 0.3) is 11.1 Å². The minimum absolute atomic E-state index is 0.127. The Balaban J connectivity index is 2.45. The first-order valence-corrected chi connectivity index (χ1v) is 5.65. The number of halogens is 2. The molecule has 0 unspecified atom stereocenters. The monoisotopic (exact) mass is 259 g/mol. The lowest BCUT2D eigenvalue weighted by Gasteiger charge is -2.08. The van der Waals surface area contributed by atoms with E-state index < -0.39 is 11.6 Å². The van der Waals surface area contributed by atoms with Crippen molar-refractivity contribution in [2.45, 2.75) is 6.42 Å². The minimum atomic E-state index is -0.550. The van der Waals surface area contributed by atoms with E-state index in [-0.39, 0.29) is 17.5 Å². The van der Waals surface area contributed by atoms with E-state index in [1.54, 1.807) is 12.1 Å². The van der Waals surface area contributed by atoms with Crippen LogP contribution < -0.4 is 4.74 Å². The van der Waals surface area contributed by atoms with Crippen molar-refractivity contribution in [2.24, 2.45) is 0 Å². The predicted octanol–water partition coefficient (Wildman–Crippen LogP) is 3.71. The van der Waals surface area contributed by atoms with Gasteiger partial charge in [0, 0.05) is 17.2 Å². The first-order valence-electron chi connectivity index (χ1n) is 5.65. The van der Waals surface area contributed by atoms with E-state index in [1.165, 1.54) is 31.4 Å². The summed E-state index contributed by atoms with van der Waals surface area (Å²) in [6, 6.07) is 10.5. The Hall–Kier alpha value is -2.41. The van der Waals surface area contributed by atoms with Crippen molar-refractivity contribution in [1.82, 2.24) is 0 Å². The second-order valence-corrected chi connectivity index (χ2v) is 3.99. The van der Waals surface area contributed by atoms with Gasteiger partial charge in [0.1, 0.15) is 17.4 Å². The molecular formula is C15H11F2NO. The Labute approximate surface area is 109 Å². The van der Waals surface area contributed by atoms with Gasteiger partial charge in [-0.2, -0.15) is 5.26 Å². The molecule has 0 bridgehead atoms. The van der Waals surface area contributed by atoms with Crippen LogP contribution in [0.5, 0.6) is 5.75 Å². The molecule has 0 spiro atoms. The molecule has 0 saturated carbocycles. The van der Waals surface area contributed by atoms with Crippen LogP contribution in [-0.4, -0.2) is 7.11 Å². The van der Waals surface area contributed by atoms with E-state index in [4.69, 9.17) is 10.00 Å². The van der Waals surface area contributed by atoms with Gasteiger partial charge in [-0.05, 0) is 23.8 Å². The van der Waals surface area contributed by atoms with Crippen molar-refractivity contribution >= 4 is 0 Å². The van der Waals surface area contributed by atoms with E-state index in [0.29, 0.717) is 11.3 Å². The maximum Gasteiger partial charge on any atom is 0.134 e. The number of methoxy groups -OCH3 is 1. The third kappa shape index (κ3) is 2.71. The molecule has 2 nitrogen and oxygen atoms in total. The van der Waals surface area contributed by atoms with E-state index in [1.807, 2.05) is 6.07 Å². The maximum atomic E-state index is 13.9. The highest BCUT2D eigenvalue weighted by atomic mass is 19.1. The zero-order valence-electron chi connectivity index (χ0n) is 10.3. The lowest BCUT2D eigenvalue weighted by atomic mass is 10.0. The number of hydrogen-bond acceptors (Lipinski definition) is 2. The Morgan fingerprint density at radius 1 is 1.05 bits per heavy atom. The molecule has 19 heavy (non-hydrogen) atoms. The van der Waals surface area contributed by atoms with Gasteiger partial charge >= 0.3 is 0 Å². The smallest absolute Gasteiger partial charge is 0.134 e. The first-order chi connectivity index (χ1) is 9.15. The third-order valence-electron chi connectivity index (χ3n) is 2.78. The van der Waals surface area contributed by atoms with Crippen molar-refractivity contribution < 1.29 is 13.5 Å². The van der Waals surface area contributed by atoms with Gasteiger partial charge in [-0.25, -0.2) is 8.78 Å². The van der Waals surface area contributed by atoms with E-state index in [2.05, 4.69) is 0 Å². The van der Waals surface area contributed by atoms with E-state index >= 15 is 0 Å². The molecule has 2 aromatic rings. The molecule has 2 aromatic carbocycles. The molecule has 0 fully saturated rings. The first kappa shape index (κ1) is 13.0. The molecule has 0 heterocycles. The molecule has 96 valence electrons. The molecule has 4 heteroatoms. The summed E-state index contributed by atoms with van der Waals surface area (Å²) >= 11 is 0. The fourth-order valence-corrected chi connectivity index (χ4v) is 1.82. The number of nitrogens with zero attached hydrogens (tertiary/aromatic N) is 1. The molecule has 0 radical (unpaired) electrons. The number of rotatable bonds is 3. The van der Waals surface area contributed by atoms with Crippen LogP contribution in [0, 0.1) is 23.0 Å². The Bertz CT molecular complexity index is 647. The second-order valence-electron chi connectivity index (χ2n) is 3.99. The van der Waals surface area contributed by atoms with Gasteiger partial charge in [-0.3, -0.25) is 0 Å². The van der Waals surface area contributed by atoms with Gasteiger partial charge in [0.15, 0.2) is 0 Å². The molecular weight excluding hydrogens is 248 g/mol. The van der Waals surface area contributed by atoms with Crippen molar-refractivity contribution in [3.8, 4) is 22.9 Å². The van der Waals surface area contributed by atoms with Gasteiger partial charge in [-0.15, -0.1) is 0 Å². The van der Waals surface area contributed by atoms with Gasteiger partial charge in [0.25, 0.3) is 0 Å². The molecule has 0 N–H and O–H groups in total. The number of hydrogen-bond donors (Lipinski definition) is 0. The van der Waals surface area contributed by atoms with Crippen LogP contribution in [0.3, 0.4) is 0 Å². The number of benzene rings is 2. The summed E-state index contributed by atoms with van der Waals surface area (Å²) < 4.78 is 32.7. The van der Waals surface area contributed by atoms with E-state index in [9.17, 15) is 8.78 Å². The van der Waals surface area contributed by atoms with Crippen molar-refractivity contribution in [1.29, 1.82) is 5.26 Å². The van der Waals surface area contributed by atoms with Crippen LogP contribution in [0.15, 0.2) is 36.4 Å². The largest absolute Gasteiger partial charge is 0.497 e. The van der Waals surface area contributed by atoms with Crippen molar-refractivity contribution in [3.05, 3.63) is 53.6 Å². The number of nitriles is 1. The fourth-order valence-electron chi connectivity index (χ4n) is 1.82. The van der Waals surface area contributed by atoms with Crippen LogP contribution in [-0.2, 0) is 6.42 Å². The average molecular weight is 259 g/mol. The zero-order valence-corrected chi connectivity index (χ0v) is 10.3. The molecule has 2 rings (SSSR count). The van der Waals surface area contributed by atoms with Crippen LogP contribution in [0.1, 0.15) is 5.56 Å². The Kier molecular flexibility index (Phi) is 3.76. The molecule has 0 amide bonds. The summed E-state index contributed by atoms with van der Waals surface area (Å²) in [4.78, 5) is 0. The predicted molar refractivity (Wildman–Crippen MR) is 67.7 cm³/mol. The standard InChI is InChI=1S/C15H11F2NO/c1-19-11-3-5-13(15(17)9-11)12-4-2-10(6-7-18)8-14(12)16/h2-5,8-9H,6H2,1H3. The quantitative estimate of drug-likeness (QED) is 0.841. The maximum absolute atomic E-state index is 13.9. The Morgan fingerprint density at radius 3 is 2.21 bits per heavy atom. The van der Waals surface area contributed by atoms with Crippen molar-refractivity contribution in [2.75, 3.05) is 7.11 Å². The summed E-state index contributed by atoms with van der Waals surface area (Å²) in [6.07, 6.45) is 0.127. The third-order valence-corrected chi connectivity index (χ3v) is 2.78. The van der Waals surface area contributed by atoms with E-state index in [0.717, 1.165) is 0 Å². The average Bonchev–Trinajstić information content (AvgIpc) is 2.40. The van der Waals surface area contributed by atoms with Crippen LogP contribution in [0.4, 0.5) is 8.78 Å². The van der Waals surface area contributed by atoms with Gasteiger partial charge in [0.2, 0.25) is 0 Å². The van der Waals surface area contributed by atoms with Crippen molar-refractivity contribution in [3.63, 3.8) is 0 Å². The van der Waals surface area contributed by atoms with Gasteiger partial charge in [0.05, 0.1) is 19.6 Å². The molecule has 0 aliphatic rings. The molecule has 0 saturated heterocycles. The molecule has 0 atom stereocenters. The fraction of sp³-hybridized carbons (Fsp3) is 0.133. The highest BCUT2D eigenvalue weighted by Gasteiger charge is 2.11.